The lowest BCUT2D eigenvalue weighted by molar-refractivity contribution is -0.274. The molecule has 1 heterocycles. The number of rotatable bonds is 5. The number of para-hydroxylation sites is 1. The molecule has 154 valence electrons. The van der Waals surface area contributed by atoms with E-state index in [9.17, 15) is 22.8 Å². The van der Waals surface area contributed by atoms with Gasteiger partial charge in [-0.05, 0) is 18.1 Å². The van der Waals surface area contributed by atoms with Crippen LogP contribution in [0.2, 0.25) is 0 Å². The van der Waals surface area contributed by atoms with E-state index >= 15 is 0 Å². The second kappa shape index (κ2) is 9.48. The number of piperazine rings is 1. The third-order valence-corrected chi connectivity index (χ3v) is 3.94. The topological polar surface area (TPSA) is 59.1 Å². The fourth-order valence-electron chi connectivity index (χ4n) is 2.54. The predicted octanol–water partition coefficient (Wildman–Crippen LogP) is 3.54. The first kappa shape index (κ1) is 21.6. The van der Waals surface area contributed by atoms with Crippen LogP contribution in [0, 0.1) is 5.92 Å². The molecular formula is C19H23F3N2O4. The minimum absolute atomic E-state index is 0.143. The van der Waals surface area contributed by atoms with Crippen LogP contribution in [-0.2, 0) is 9.53 Å². The molecule has 0 atom stereocenters. The van der Waals surface area contributed by atoms with E-state index in [0.29, 0.717) is 32.8 Å². The van der Waals surface area contributed by atoms with E-state index in [2.05, 4.69) is 4.74 Å². The number of benzene rings is 1. The van der Waals surface area contributed by atoms with Crippen LogP contribution in [0.3, 0.4) is 0 Å². The van der Waals surface area contributed by atoms with Crippen LogP contribution in [0.5, 0.6) is 5.75 Å². The Bertz CT molecular complexity index is 711. The van der Waals surface area contributed by atoms with E-state index in [-0.39, 0.29) is 23.1 Å². The van der Waals surface area contributed by atoms with Crippen molar-refractivity contribution in [3.8, 4) is 5.75 Å². The highest BCUT2D eigenvalue weighted by Gasteiger charge is 2.31. The highest BCUT2D eigenvalue weighted by Crippen LogP contribution is 2.27. The van der Waals surface area contributed by atoms with Gasteiger partial charge in [-0.25, -0.2) is 4.79 Å². The van der Waals surface area contributed by atoms with Crippen LogP contribution in [0.15, 0.2) is 30.3 Å². The molecule has 1 aliphatic rings. The molecule has 2 rings (SSSR count). The van der Waals surface area contributed by atoms with Crippen molar-refractivity contribution in [1.82, 2.24) is 9.80 Å². The largest absolute Gasteiger partial charge is 0.573 e. The highest BCUT2D eigenvalue weighted by atomic mass is 19.4. The van der Waals surface area contributed by atoms with Crippen molar-refractivity contribution in [2.24, 2.45) is 5.92 Å². The Morgan fingerprint density at radius 1 is 1.11 bits per heavy atom. The molecule has 0 unspecified atom stereocenters. The zero-order valence-corrected chi connectivity index (χ0v) is 15.7. The standard InChI is InChI=1S/C19H23F3N2O4/c1-14(2)13-27-18(26)24-11-9-23(10-12-24)17(25)8-7-15-5-3-4-6-16(15)28-19(20,21)22/h3-8,14H,9-13H2,1-2H3/b8-7+. The molecule has 9 heteroatoms. The maximum atomic E-state index is 12.4. The molecule has 1 aliphatic heterocycles. The Balaban J connectivity index is 1.90. The van der Waals surface area contributed by atoms with Gasteiger partial charge in [0.05, 0.1) is 6.61 Å². The molecule has 1 fully saturated rings. The fraction of sp³-hybridized carbons (Fsp3) is 0.474. The first-order valence-electron chi connectivity index (χ1n) is 8.89. The van der Waals surface area contributed by atoms with Gasteiger partial charge in [-0.15, -0.1) is 13.2 Å². The van der Waals surface area contributed by atoms with Gasteiger partial charge >= 0.3 is 12.5 Å². The molecule has 0 radical (unpaired) electrons. The lowest BCUT2D eigenvalue weighted by Gasteiger charge is -2.33. The molecule has 0 aromatic heterocycles. The van der Waals surface area contributed by atoms with Gasteiger partial charge in [0.2, 0.25) is 5.91 Å². The van der Waals surface area contributed by atoms with Crippen LogP contribution < -0.4 is 4.74 Å². The SMILES string of the molecule is CC(C)COC(=O)N1CCN(C(=O)/C=C/c2ccccc2OC(F)(F)F)CC1. The van der Waals surface area contributed by atoms with Crippen molar-refractivity contribution in [3.05, 3.63) is 35.9 Å². The monoisotopic (exact) mass is 400 g/mol. The second-order valence-electron chi connectivity index (χ2n) is 6.70. The first-order chi connectivity index (χ1) is 13.2. The zero-order valence-electron chi connectivity index (χ0n) is 15.7. The summed E-state index contributed by atoms with van der Waals surface area (Å²) in [7, 11) is 0. The molecule has 28 heavy (non-hydrogen) atoms. The summed E-state index contributed by atoms with van der Waals surface area (Å²) in [5.41, 5.74) is 0.143. The Morgan fingerprint density at radius 3 is 2.32 bits per heavy atom. The molecule has 1 aromatic carbocycles. The number of ether oxygens (including phenoxy) is 2. The Hall–Kier alpha value is -2.71. The maximum absolute atomic E-state index is 12.4. The van der Waals surface area contributed by atoms with Crippen molar-refractivity contribution < 1.29 is 32.2 Å². The minimum Gasteiger partial charge on any atom is -0.449 e. The van der Waals surface area contributed by atoms with Crippen molar-refractivity contribution in [3.63, 3.8) is 0 Å². The average Bonchev–Trinajstić information content (AvgIpc) is 2.64. The van der Waals surface area contributed by atoms with Gasteiger partial charge in [-0.2, -0.15) is 0 Å². The number of carbonyl (C=O) groups is 2. The van der Waals surface area contributed by atoms with Crippen LogP contribution in [0.1, 0.15) is 19.4 Å². The van der Waals surface area contributed by atoms with E-state index in [4.69, 9.17) is 4.74 Å². The van der Waals surface area contributed by atoms with Gasteiger partial charge in [-0.1, -0.05) is 32.0 Å². The lowest BCUT2D eigenvalue weighted by Crippen LogP contribution is -2.50. The summed E-state index contributed by atoms with van der Waals surface area (Å²) in [4.78, 5) is 27.3. The summed E-state index contributed by atoms with van der Waals surface area (Å²) in [6.45, 7) is 5.53. The molecule has 0 saturated carbocycles. The second-order valence-corrected chi connectivity index (χ2v) is 6.70. The van der Waals surface area contributed by atoms with Crippen molar-refractivity contribution in [1.29, 1.82) is 0 Å². The predicted molar refractivity (Wildman–Crippen MR) is 96.5 cm³/mol. The van der Waals surface area contributed by atoms with E-state index in [1.54, 1.807) is 6.07 Å². The molecule has 0 bridgehead atoms. The van der Waals surface area contributed by atoms with E-state index in [1.807, 2.05) is 13.8 Å². The van der Waals surface area contributed by atoms with Crippen LogP contribution in [0.25, 0.3) is 6.08 Å². The first-order valence-corrected chi connectivity index (χ1v) is 8.89. The molecule has 0 aliphatic carbocycles. The number of nitrogens with zero attached hydrogens (tertiary/aromatic N) is 2. The van der Waals surface area contributed by atoms with E-state index in [0.717, 1.165) is 0 Å². The molecular weight excluding hydrogens is 377 g/mol. The summed E-state index contributed by atoms with van der Waals surface area (Å²) < 4.78 is 46.5. The average molecular weight is 400 g/mol. The minimum atomic E-state index is -4.81. The third-order valence-electron chi connectivity index (χ3n) is 3.94. The maximum Gasteiger partial charge on any atom is 0.573 e. The van der Waals surface area contributed by atoms with Gasteiger partial charge in [0, 0.05) is 37.8 Å². The summed E-state index contributed by atoms with van der Waals surface area (Å²) in [5, 5.41) is 0. The summed E-state index contributed by atoms with van der Waals surface area (Å²) >= 11 is 0. The highest BCUT2D eigenvalue weighted by molar-refractivity contribution is 5.92. The van der Waals surface area contributed by atoms with Gasteiger partial charge in [-0.3, -0.25) is 4.79 Å². The van der Waals surface area contributed by atoms with Gasteiger partial charge in [0.15, 0.2) is 0 Å². The Morgan fingerprint density at radius 2 is 1.71 bits per heavy atom. The molecule has 6 nitrogen and oxygen atoms in total. The Kier molecular flexibility index (Phi) is 7.31. The normalized spacial score (nSPS) is 15.2. The van der Waals surface area contributed by atoms with E-state index in [1.165, 1.54) is 40.2 Å². The molecule has 0 N–H and O–H groups in total. The van der Waals surface area contributed by atoms with Crippen LogP contribution in [0.4, 0.5) is 18.0 Å². The zero-order chi connectivity index (χ0) is 20.7. The van der Waals surface area contributed by atoms with Crippen molar-refractivity contribution >= 4 is 18.1 Å². The molecule has 2 amide bonds. The molecule has 0 spiro atoms. The molecule has 1 saturated heterocycles. The van der Waals surface area contributed by atoms with Crippen LogP contribution >= 0.6 is 0 Å². The summed E-state index contributed by atoms with van der Waals surface area (Å²) in [6, 6.07) is 5.57. The van der Waals surface area contributed by atoms with Gasteiger partial charge in [0.1, 0.15) is 5.75 Å². The number of carbonyl (C=O) groups excluding carboxylic acids is 2. The number of alkyl halides is 3. The smallest absolute Gasteiger partial charge is 0.449 e. The van der Waals surface area contributed by atoms with Crippen molar-refractivity contribution in [2.75, 3.05) is 32.8 Å². The van der Waals surface area contributed by atoms with Gasteiger partial charge < -0.3 is 19.3 Å². The fourth-order valence-corrected chi connectivity index (χ4v) is 2.54. The van der Waals surface area contributed by atoms with Crippen molar-refractivity contribution in [2.45, 2.75) is 20.2 Å². The van der Waals surface area contributed by atoms with Crippen LogP contribution in [-0.4, -0.2) is 60.9 Å². The summed E-state index contributed by atoms with van der Waals surface area (Å²) in [5.74, 6) is -0.491. The molecule has 1 aromatic rings. The van der Waals surface area contributed by atoms with E-state index < -0.39 is 12.5 Å². The number of hydrogen-bond acceptors (Lipinski definition) is 4. The summed E-state index contributed by atoms with van der Waals surface area (Å²) in [6.07, 6.45) is -2.73. The number of amides is 2. The third kappa shape index (κ3) is 6.79. The van der Waals surface area contributed by atoms with Gasteiger partial charge in [0.25, 0.3) is 0 Å². The lowest BCUT2D eigenvalue weighted by atomic mass is 10.2. The Labute approximate surface area is 161 Å². The number of hydrogen-bond donors (Lipinski definition) is 0. The quantitative estimate of drug-likeness (QED) is 0.710. The number of halogens is 3.